The molecule has 0 aliphatic rings. The van der Waals surface area contributed by atoms with Gasteiger partial charge in [-0.25, -0.2) is 0 Å². The lowest BCUT2D eigenvalue weighted by Gasteiger charge is -2.02. The SMILES string of the molecule is O=C(O)CCSCCCCCCCCCCO. The molecule has 0 radical (unpaired) electrons. The predicted octanol–water partition coefficient (Wildman–Crippen LogP) is 3.31. The topological polar surface area (TPSA) is 57.5 Å². The molecule has 0 atom stereocenters. The van der Waals surface area contributed by atoms with Crippen molar-refractivity contribution >= 4 is 17.7 Å². The van der Waals surface area contributed by atoms with E-state index >= 15 is 0 Å². The summed E-state index contributed by atoms with van der Waals surface area (Å²) >= 11 is 1.75. The third-order valence-electron chi connectivity index (χ3n) is 2.66. The first kappa shape index (κ1) is 16.8. The van der Waals surface area contributed by atoms with Gasteiger partial charge in [0.1, 0.15) is 0 Å². The van der Waals surface area contributed by atoms with Crippen LogP contribution >= 0.6 is 11.8 Å². The zero-order valence-corrected chi connectivity index (χ0v) is 11.5. The van der Waals surface area contributed by atoms with Crippen molar-refractivity contribution in [2.24, 2.45) is 0 Å². The van der Waals surface area contributed by atoms with Crippen LogP contribution in [0.5, 0.6) is 0 Å². The van der Waals surface area contributed by atoms with E-state index in [1.165, 1.54) is 38.5 Å². The fourth-order valence-corrected chi connectivity index (χ4v) is 2.57. The monoisotopic (exact) mass is 262 g/mol. The van der Waals surface area contributed by atoms with E-state index in [0.717, 1.165) is 24.3 Å². The molecule has 102 valence electrons. The van der Waals surface area contributed by atoms with Crippen LogP contribution in [0.25, 0.3) is 0 Å². The molecule has 0 heterocycles. The summed E-state index contributed by atoms with van der Waals surface area (Å²) in [6.07, 6.45) is 9.97. The fourth-order valence-electron chi connectivity index (χ4n) is 1.64. The minimum atomic E-state index is -0.694. The zero-order valence-electron chi connectivity index (χ0n) is 10.7. The summed E-state index contributed by atoms with van der Waals surface area (Å²) in [6.45, 7) is 0.327. The van der Waals surface area contributed by atoms with Gasteiger partial charge in [0, 0.05) is 12.4 Å². The molecule has 17 heavy (non-hydrogen) atoms. The molecule has 0 unspecified atom stereocenters. The van der Waals surface area contributed by atoms with E-state index in [9.17, 15) is 4.79 Å². The molecule has 0 saturated carbocycles. The van der Waals surface area contributed by atoms with Gasteiger partial charge in [0.15, 0.2) is 0 Å². The van der Waals surface area contributed by atoms with Crippen LogP contribution in [0.2, 0.25) is 0 Å². The van der Waals surface area contributed by atoms with Gasteiger partial charge in [-0.15, -0.1) is 0 Å². The molecule has 0 aromatic rings. The van der Waals surface area contributed by atoms with E-state index in [0.29, 0.717) is 6.61 Å². The average molecular weight is 262 g/mol. The van der Waals surface area contributed by atoms with Gasteiger partial charge in [0.25, 0.3) is 0 Å². The summed E-state index contributed by atoms with van der Waals surface area (Å²) in [5.41, 5.74) is 0. The molecular weight excluding hydrogens is 236 g/mol. The summed E-state index contributed by atoms with van der Waals surface area (Å²) in [5.74, 6) is 1.15. The molecule has 0 saturated heterocycles. The van der Waals surface area contributed by atoms with Crippen molar-refractivity contribution in [1.82, 2.24) is 0 Å². The van der Waals surface area contributed by atoms with E-state index in [4.69, 9.17) is 10.2 Å². The van der Waals surface area contributed by atoms with Crippen molar-refractivity contribution in [1.29, 1.82) is 0 Å². The highest BCUT2D eigenvalue weighted by Crippen LogP contribution is 2.11. The zero-order chi connectivity index (χ0) is 12.8. The minimum Gasteiger partial charge on any atom is -0.481 e. The highest BCUT2D eigenvalue weighted by atomic mass is 32.2. The number of aliphatic hydroxyl groups is 1. The molecule has 0 aliphatic heterocycles. The molecule has 0 fully saturated rings. The van der Waals surface area contributed by atoms with Gasteiger partial charge >= 0.3 is 5.97 Å². The first-order valence-corrected chi connectivity index (χ1v) is 7.83. The third-order valence-corrected chi connectivity index (χ3v) is 3.73. The summed E-state index contributed by atoms with van der Waals surface area (Å²) in [7, 11) is 0. The van der Waals surface area contributed by atoms with Crippen LogP contribution in [-0.4, -0.2) is 34.3 Å². The lowest BCUT2D eigenvalue weighted by Crippen LogP contribution is -1.96. The van der Waals surface area contributed by atoms with Crippen LogP contribution in [0.3, 0.4) is 0 Å². The van der Waals surface area contributed by atoms with Gasteiger partial charge < -0.3 is 10.2 Å². The minimum absolute atomic E-state index is 0.287. The number of carboxylic acids is 1. The van der Waals surface area contributed by atoms with Crippen LogP contribution in [0.1, 0.15) is 57.8 Å². The molecule has 0 aliphatic carbocycles. The van der Waals surface area contributed by atoms with Crippen LogP contribution < -0.4 is 0 Å². The van der Waals surface area contributed by atoms with Gasteiger partial charge in [0.05, 0.1) is 6.42 Å². The molecule has 0 aromatic heterocycles. The number of thioether (sulfide) groups is 1. The summed E-state index contributed by atoms with van der Waals surface area (Å²) in [4.78, 5) is 10.3. The van der Waals surface area contributed by atoms with Gasteiger partial charge in [-0.3, -0.25) is 4.79 Å². The molecule has 2 N–H and O–H groups in total. The number of unbranched alkanes of at least 4 members (excludes halogenated alkanes) is 7. The second kappa shape index (κ2) is 13.8. The molecule has 0 rings (SSSR count). The average Bonchev–Trinajstić information content (AvgIpc) is 2.30. The van der Waals surface area contributed by atoms with Gasteiger partial charge in [0.2, 0.25) is 0 Å². The molecule has 0 spiro atoms. The van der Waals surface area contributed by atoms with E-state index < -0.39 is 5.97 Å². The van der Waals surface area contributed by atoms with Crippen LogP contribution in [-0.2, 0) is 4.79 Å². The van der Waals surface area contributed by atoms with E-state index in [-0.39, 0.29) is 6.42 Å². The van der Waals surface area contributed by atoms with Crippen molar-refractivity contribution < 1.29 is 15.0 Å². The van der Waals surface area contributed by atoms with Crippen molar-refractivity contribution in [2.45, 2.75) is 57.8 Å². The number of hydrogen-bond donors (Lipinski definition) is 2. The van der Waals surface area contributed by atoms with E-state index in [1.807, 2.05) is 0 Å². The standard InChI is InChI=1S/C13H26O3S/c14-10-7-5-3-1-2-4-6-8-11-17-12-9-13(15)16/h14H,1-12H2,(H,15,16). The molecular formula is C13H26O3S. The van der Waals surface area contributed by atoms with E-state index in [2.05, 4.69) is 0 Å². The first-order valence-electron chi connectivity index (χ1n) is 6.67. The Kier molecular flexibility index (Phi) is 13.7. The number of aliphatic hydroxyl groups excluding tert-OH is 1. The number of carboxylic acid groups (broad SMARTS) is 1. The quantitative estimate of drug-likeness (QED) is 0.500. The predicted molar refractivity (Wildman–Crippen MR) is 73.6 cm³/mol. The number of hydrogen-bond acceptors (Lipinski definition) is 3. The fraction of sp³-hybridized carbons (Fsp3) is 0.923. The summed E-state index contributed by atoms with van der Waals surface area (Å²) < 4.78 is 0. The molecule has 0 amide bonds. The van der Waals surface area contributed by atoms with Crippen molar-refractivity contribution in [2.75, 3.05) is 18.1 Å². The largest absolute Gasteiger partial charge is 0.481 e. The van der Waals surface area contributed by atoms with Gasteiger partial charge in [-0.1, -0.05) is 38.5 Å². The third kappa shape index (κ3) is 15.8. The Balaban J connectivity index is 2.91. The molecule has 0 bridgehead atoms. The van der Waals surface area contributed by atoms with Gasteiger partial charge in [-0.2, -0.15) is 11.8 Å². The van der Waals surface area contributed by atoms with Crippen LogP contribution in [0.4, 0.5) is 0 Å². The van der Waals surface area contributed by atoms with Crippen molar-refractivity contribution in [3.05, 3.63) is 0 Å². The highest BCUT2D eigenvalue weighted by molar-refractivity contribution is 7.99. The Morgan fingerprint density at radius 3 is 1.88 bits per heavy atom. The summed E-state index contributed by atoms with van der Waals surface area (Å²) in [5, 5.41) is 17.1. The van der Waals surface area contributed by atoms with Crippen LogP contribution in [0.15, 0.2) is 0 Å². The maximum Gasteiger partial charge on any atom is 0.304 e. The Morgan fingerprint density at radius 1 is 0.824 bits per heavy atom. The Bertz CT molecular complexity index is 174. The second-order valence-electron chi connectivity index (χ2n) is 4.31. The van der Waals surface area contributed by atoms with Gasteiger partial charge in [-0.05, 0) is 18.6 Å². The maximum atomic E-state index is 10.3. The lowest BCUT2D eigenvalue weighted by atomic mass is 10.1. The lowest BCUT2D eigenvalue weighted by molar-refractivity contribution is -0.136. The Morgan fingerprint density at radius 2 is 1.35 bits per heavy atom. The molecule has 0 aromatic carbocycles. The Labute approximate surface area is 109 Å². The number of rotatable bonds is 13. The highest BCUT2D eigenvalue weighted by Gasteiger charge is 1.96. The molecule has 4 heteroatoms. The smallest absolute Gasteiger partial charge is 0.304 e. The number of aliphatic carboxylic acids is 1. The molecule has 3 nitrogen and oxygen atoms in total. The Hall–Kier alpha value is -0.220. The second-order valence-corrected chi connectivity index (χ2v) is 5.53. The van der Waals surface area contributed by atoms with Crippen molar-refractivity contribution in [3.8, 4) is 0 Å². The van der Waals surface area contributed by atoms with E-state index in [1.54, 1.807) is 11.8 Å². The van der Waals surface area contributed by atoms with Crippen molar-refractivity contribution in [3.63, 3.8) is 0 Å². The first-order chi connectivity index (χ1) is 8.27. The summed E-state index contributed by atoms with van der Waals surface area (Å²) in [6, 6.07) is 0. The maximum absolute atomic E-state index is 10.3. The number of carbonyl (C=O) groups is 1. The van der Waals surface area contributed by atoms with Crippen LogP contribution in [0, 0.1) is 0 Å². The normalized spacial score (nSPS) is 10.6.